The zero-order valence-electron chi connectivity index (χ0n) is 76.4. The van der Waals surface area contributed by atoms with Crippen LogP contribution < -0.4 is 49.3 Å². The van der Waals surface area contributed by atoms with Gasteiger partial charge >= 0.3 is 0 Å². The second-order valence-corrected chi connectivity index (χ2v) is 35.6. The molecule has 6 aromatic carbocycles. The highest BCUT2D eigenvalue weighted by Crippen LogP contribution is 2.41. The van der Waals surface area contributed by atoms with Crippen LogP contribution in [0.4, 0.5) is 0 Å². The fourth-order valence-corrected chi connectivity index (χ4v) is 17.6. The first-order valence-electron chi connectivity index (χ1n) is 43.6. The van der Waals surface area contributed by atoms with Crippen molar-refractivity contribution >= 4 is 205 Å². The van der Waals surface area contributed by atoms with Gasteiger partial charge in [0.1, 0.15) is 68.0 Å². The number of aromatic hydroxyl groups is 6. The fourth-order valence-electron chi connectivity index (χ4n) is 14.4. The van der Waals surface area contributed by atoms with Crippen molar-refractivity contribution in [2.24, 2.45) is 0 Å². The largest absolute Gasteiger partial charge is 0.504 e. The van der Waals surface area contributed by atoms with Gasteiger partial charge in [-0.15, -0.1) is 0 Å². The molecular formula is C90H114Cl12N18O12. The van der Waals surface area contributed by atoms with E-state index in [0.29, 0.717) is 113 Å². The summed E-state index contributed by atoms with van der Waals surface area (Å²) in [5.41, 5.74) is -0.573. The van der Waals surface area contributed by atoms with Gasteiger partial charge in [-0.25, -0.2) is 29.9 Å². The minimum Gasteiger partial charge on any atom is -0.504 e. The maximum absolute atomic E-state index is 12.8. The van der Waals surface area contributed by atoms with Crippen molar-refractivity contribution < 1.29 is 30.6 Å². The molecule has 6 aromatic heterocycles. The van der Waals surface area contributed by atoms with Gasteiger partial charge in [-0.05, 0) is 162 Å². The molecule has 0 aliphatic rings. The number of hydrogen-bond donors (Lipinski definition) is 9. The second-order valence-electron chi connectivity index (χ2n) is 30.7. The highest BCUT2D eigenvalue weighted by Gasteiger charge is 2.27. The lowest BCUT2D eigenvalue weighted by atomic mass is 10.2. The van der Waals surface area contributed by atoms with Gasteiger partial charge in [-0.1, -0.05) is 215 Å². The Bertz CT molecular complexity index is 6480. The van der Waals surface area contributed by atoms with E-state index in [-0.39, 0.29) is 194 Å². The summed E-state index contributed by atoms with van der Waals surface area (Å²) in [5, 5.41) is 73.2. The summed E-state index contributed by atoms with van der Waals surface area (Å²) in [6.07, 6.45) is 7.19. The first-order valence-corrected chi connectivity index (χ1v) is 48.1. The first-order chi connectivity index (χ1) is 62.8. The van der Waals surface area contributed by atoms with Crippen molar-refractivity contribution in [3.05, 3.63) is 194 Å². The number of rotatable bonds is 33. The predicted molar refractivity (Wildman–Crippen MR) is 540 cm³/mol. The van der Waals surface area contributed by atoms with Crippen LogP contribution in [0.5, 0.6) is 34.5 Å². The number of nitrogens with one attached hydrogen (secondary N) is 3. The van der Waals surface area contributed by atoms with Crippen LogP contribution in [0.1, 0.15) is 176 Å². The van der Waals surface area contributed by atoms with E-state index >= 15 is 0 Å². The van der Waals surface area contributed by atoms with Gasteiger partial charge in [-0.3, -0.25) is 66.0 Å². The smallest absolute Gasteiger partial charge is 0.263 e. The van der Waals surface area contributed by atoms with Crippen molar-refractivity contribution in [3.8, 4) is 34.5 Å². The van der Waals surface area contributed by atoms with E-state index in [1.165, 1.54) is 36.4 Å². The number of aromatic nitrogens is 12. The molecule has 0 bridgehead atoms. The average Bonchev–Trinajstić information content (AvgIpc) is 0.776. The molecule has 9 N–H and O–H groups in total. The summed E-state index contributed by atoms with van der Waals surface area (Å²) in [7, 11) is 3.77. The van der Waals surface area contributed by atoms with Crippen LogP contribution in [0.3, 0.4) is 0 Å². The molecule has 0 fully saturated rings. The standard InChI is InChI=1S/C17H23Cl2N3O2.C16H21Cl2N3O2.C15H19Cl2N3O2.3C14H17Cl2N3O2/c1-4-7-21(8-5-2)10-13-20-15-14(17(24)22(13)6-3)11(18)9-12(19)16(15)23;1-4-7-21-12(9-20(5-2)6-3)19-14-13(16(21)23)10(17)8-11(18)15(14)22;1-3-5-18-8-11-19-13-12(15(22)20(11)6-4-2)9(16)7-10(17)14(13)21;1-4-5-19-10(7-18(2)3)17-12-11(14(19)21)8(15)6-9(16)13(12)20;1-3-5-17-7-10-18-12-11(14(21)19(10)4-2)8(15)6-9(16)13(12)20;1-3-5-19-10(7-17-4-2)18-12-11(14(19)21)8(15)6-9(16)13(12)20/h9,23H,4-8,10H2,1-3H3;8,22H,4-7,9H2,1-3H3;7,18,21H,3-6,8H2,1-2H3;6,20H,4-5,7H2,1-3H3;2*6,17,20H,3-5,7H2,1-2H3. The topological polar surface area (TPSA) is 377 Å². The number of phenols is 6. The van der Waals surface area contributed by atoms with Crippen LogP contribution in [-0.4, -0.2) is 163 Å². The van der Waals surface area contributed by atoms with Crippen LogP contribution >= 0.6 is 139 Å². The summed E-state index contributed by atoms with van der Waals surface area (Å²) in [6.45, 7) is 38.1. The quantitative estimate of drug-likeness (QED) is 0.0173. The van der Waals surface area contributed by atoms with E-state index in [0.717, 1.165) is 97.2 Å². The molecule has 0 amide bonds. The number of phenolic OH excluding ortho intramolecular Hbond substituents is 6. The van der Waals surface area contributed by atoms with Gasteiger partial charge in [0.05, 0.1) is 132 Å². The van der Waals surface area contributed by atoms with E-state index in [9.17, 15) is 59.4 Å². The second kappa shape index (κ2) is 52.5. The molecule has 0 atom stereocenters. The zero-order valence-corrected chi connectivity index (χ0v) is 85.5. The molecule has 6 heterocycles. The summed E-state index contributed by atoms with van der Waals surface area (Å²) in [5.74, 6) is 2.24. The highest BCUT2D eigenvalue weighted by atomic mass is 35.5. The predicted octanol–water partition coefficient (Wildman–Crippen LogP) is 19.8. The molecule has 0 saturated carbocycles. The maximum atomic E-state index is 12.8. The Morgan fingerprint density at radius 1 is 0.280 bits per heavy atom. The van der Waals surface area contributed by atoms with Crippen LogP contribution in [-0.2, 0) is 78.5 Å². The minimum absolute atomic E-state index is 0.0844. The molecule has 0 unspecified atom stereocenters. The monoisotopic (exact) mass is 2060 g/mol. The van der Waals surface area contributed by atoms with E-state index in [4.69, 9.17) is 139 Å². The Hall–Kier alpha value is -7.80. The molecule has 12 rings (SSSR count). The molecule has 0 aliphatic heterocycles. The maximum Gasteiger partial charge on any atom is 0.263 e. The summed E-state index contributed by atoms with van der Waals surface area (Å²) in [6, 6.07) is 8.22. The number of hydrogen-bond acceptors (Lipinski definition) is 24. The van der Waals surface area contributed by atoms with Crippen molar-refractivity contribution in [1.29, 1.82) is 0 Å². The minimum atomic E-state index is -0.271. The van der Waals surface area contributed by atoms with Crippen molar-refractivity contribution in [2.75, 3.05) is 59.9 Å². The van der Waals surface area contributed by atoms with Crippen LogP contribution in [0.15, 0.2) is 65.2 Å². The van der Waals surface area contributed by atoms with Crippen LogP contribution in [0, 0.1) is 0 Å². The third-order valence-electron chi connectivity index (χ3n) is 20.7. The summed E-state index contributed by atoms with van der Waals surface area (Å²) in [4.78, 5) is 109. The summed E-state index contributed by atoms with van der Waals surface area (Å²) >= 11 is 72.3. The molecule has 0 radical (unpaired) electrons. The summed E-state index contributed by atoms with van der Waals surface area (Å²) < 4.78 is 9.58. The van der Waals surface area contributed by atoms with Gasteiger partial charge in [0.2, 0.25) is 0 Å². The van der Waals surface area contributed by atoms with E-state index in [1.54, 1.807) is 27.4 Å². The van der Waals surface area contributed by atoms with Crippen molar-refractivity contribution in [2.45, 2.75) is 220 Å². The molecule has 0 saturated heterocycles. The Kier molecular flexibility index (Phi) is 44.2. The van der Waals surface area contributed by atoms with Gasteiger partial charge in [0.25, 0.3) is 33.4 Å². The fraction of sp³-hybridized carbons (Fsp3) is 0.467. The van der Waals surface area contributed by atoms with E-state index < -0.39 is 0 Å². The van der Waals surface area contributed by atoms with Crippen LogP contribution in [0.2, 0.25) is 60.3 Å². The Labute approximate surface area is 824 Å². The SMILES string of the molecule is CCCN(CCC)Cc1nc2c(O)c(Cl)cc(Cl)c2c(=O)n1CC.CCCNCc1nc2c(O)c(Cl)cc(Cl)c2c(=O)n1CC.CCCNCc1nc2c(O)c(Cl)cc(Cl)c2c(=O)n1CCC.CCCn1c(CN(C)C)nc2c(O)c(Cl)cc(Cl)c2c1=O.CCCn1c(CN(CC)CC)nc2c(O)c(Cl)cc(Cl)c2c1=O.CCCn1c(CNCC)nc2c(O)c(Cl)cc(Cl)c2c1=O. The number of nitrogens with zero attached hydrogens (tertiary/aromatic N) is 15. The molecule has 132 heavy (non-hydrogen) atoms. The number of benzene rings is 6. The lowest BCUT2D eigenvalue weighted by Gasteiger charge is -2.22. The molecule has 42 heteroatoms. The van der Waals surface area contributed by atoms with Crippen molar-refractivity contribution in [1.82, 2.24) is 88.0 Å². The lowest BCUT2D eigenvalue weighted by molar-refractivity contribution is 0.255. The Morgan fingerprint density at radius 3 is 0.735 bits per heavy atom. The zero-order chi connectivity index (χ0) is 98.1. The molecular weight excluding hydrogens is 1950 g/mol. The van der Waals surface area contributed by atoms with Gasteiger partial charge in [-0.2, -0.15) is 0 Å². The van der Waals surface area contributed by atoms with E-state index in [1.807, 2.05) is 67.5 Å². The van der Waals surface area contributed by atoms with Gasteiger partial charge in [0, 0.05) is 39.3 Å². The molecule has 0 spiro atoms. The Morgan fingerprint density at radius 2 is 0.500 bits per heavy atom. The molecule has 12 aromatic rings. The molecule has 0 aliphatic carbocycles. The Balaban J connectivity index is 0.000000217. The van der Waals surface area contributed by atoms with Crippen molar-refractivity contribution in [3.63, 3.8) is 0 Å². The van der Waals surface area contributed by atoms with E-state index in [2.05, 4.69) is 97.2 Å². The average molecular weight is 2070 g/mol. The molecule has 720 valence electrons. The first kappa shape index (κ1) is 111. The van der Waals surface area contributed by atoms with Crippen LogP contribution in [0.25, 0.3) is 65.4 Å². The number of halogens is 12. The number of fused-ring (bicyclic) bond motifs is 6. The third kappa shape index (κ3) is 26.5. The highest BCUT2D eigenvalue weighted by molar-refractivity contribution is 6.43. The molecule has 30 nitrogen and oxygen atoms in total. The normalized spacial score (nSPS) is 11.4. The third-order valence-corrected chi connectivity index (χ3v) is 24.2. The lowest BCUT2D eigenvalue weighted by Crippen LogP contribution is -2.32. The van der Waals surface area contributed by atoms with Gasteiger partial charge < -0.3 is 51.5 Å². The van der Waals surface area contributed by atoms with Gasteiger partial charge in [0.15, 0.2) is 34.5 Å².